The lowest BCUT2D eigenvalue weighted by molar-refractivity contribution is 0.593. The normalized spacial score (nSPS) is 11.1. The molecule has 0 radical (unpaired) electrons. The van der Waals surface area contributed by atoms with Gasteiger partial charge >= 0.3 is 0 Å². The molecule has 0 saturated carbocycles. The Hall–Kier alpha value is -1.39. The van der Waals surface area contributed by atoms with E-state index in [2.05, 4.69) is 43.1 Å². The van der Waals surface area contributed by atoms with Gasteiger partial charge in [0.05, 0.1) is 6.54 Å². The highest BCUT2D eigenvalue weighted by Gasteiger charge is 2.08. The van der Waals surface area contributed by atoms with Crippen LogP contribution in [0.4, 0.5) is 10.1 Å². The van der Waals surface area contributed by atoms with Crippen molar-refractivity contribution >= 4 is 17.0 Å². The zero-order valence-electron chi connectivity index (χ0n) is 12.9. The number of halogens is 1. The lowest BCUT2D eigenvalue weighted by Crippen LogP contribution is -2.21. The van der Waals surface area contributed by atoms with Crippen molar-refractivity contribution in [1.29, 1.82) is 0 Å². The fourth-order valence-electron chi connectivity index (χ4n) is 2.13. The van der Waals surface area contributed by atoms with E-state index in [1.165, 1.54) is 21.9 Å². The molecule has 0 aliphatic heterocycles. The van der Waals surface area contributed by atoms with E-state index in [-0.39, 0.29) is 5.82 Å². The van der Waals surface area contributed by atoms with Gasteiger partial charge in [0.15, 0.2) is 0 Å². The van der Waals surface area contributed by atoms with Gasteiger partial charge in [-0.1, -0.05) is 13.8 Å². The molecule has 1 heterocycles. The zero-order valence-corrected chi connectivity index (χ0v) is 13.7. The minimum atomic E-state index is -0.187. The molecule has 114 valence electrons. The summed E-state index contributed by atoms with van der Waals surface area (Å²) >= 11 is 1.84. The van der Waals surface area contributed by atoms with Crippen LogP contribution in [0.2, 0.25) is 0 Å². The topological polar surface area (TPSA) is 15.3 Å². The van der Waals surface area contributed by atoms with Crippen molar-refractivity contribution in [2.45, 2.75) is 39.9 Å². The number of hydrogen-bond acceptors (Lipinski definition) is 3. The standard InChI is InChI=1S/C17H23FN2S/c1-4-20(15-7-5-14(18)6-8-15)12-17-10-9-16(21-17)11-19-13(2)3/h5-10,13,19H,4,11-12H2,1-3H3. The van der Waals surface area contributed by atoms with Crippen molar-refractivity contribution in [2.24, 2.45) is 0 Å². The van der Waals surface area contributed by atoms with Crippen LogP contribution in [0, 0.1) is 5.82 Å². The van der Waals surface area contributed by atoms with Crippen molar-refractivity contribution in [3.63, 3.8) is 0 Å². The van der Waals surface area contributed by atoms with Crippen molar-refractivity contribution in [1.82, 2.24) is 5.32 Å². The lowest BCUT2D eigenvalue weighted by atomic mass is 10.2. The van der Waals surface area contributed by atoms with E-state index in [0.717, 1.165) is 25.3 Å². The van der Waals surface area contributed by atoms with Crippen molar-refractivity contribution < 1.29 is 4.39 Å². The predicted molar refractivity (Wildman–Crippen MR) is 89.4 cm³/mol. The second kappa shape index (κ2) is 7.57. The highest BCUT2D eigenvalue weighted by atomic mass is 32.1. The average molecular weight is 306 g/mol. The second-order valence-electron chi connectivity index (χ2n) is 5.39. The molecular formula is C17H23FN2S. The summed E-state index contributed by atoms with van der Waals surface area (Å²) in [7, 11) is 0. The van der Waals surface area contributed by atoms with Gasteiger partial charge in [-0.15, -0.1) is 11.3 Å². The number of benzene rings is 1. The third-order valence-corrected chi connectivity index (χ3v) is 4.39. The molecule has 21 heavy (non-hydrogen) atoms. The Bertz CT molecular complexity index is 548. The van der Waals surface area contributed by atoms with Crippen LogP contribution < -0.4 is 10.2 Å². The van der Waals surface area contributed by atoms with E-state index in [1.54, 1.807) is 0 Å². The molecule has 0 unspecified atom stereocenters. The summed E-state index contributed by atoms with van der Waals surface area (Å²) in [6.45, 7) is 9.13. The summed E-state index contributed by atoms with van der Waals surface area (Å²) in [5.74, 6) is -0.187. The van der Waals surface area contributed by atoms with Crippen molar-refractivity contribution in [3.05, 3.63) is 52.0 Å². The van der Waals surface area contributed by atoms with Gasteiger partial charge in [-0.3, -0.25) is 0 Å². The minimum Gasteiger partial charge on any atom is -0.367 e. The van der Waals surface area contributed by atoms with E-state index < -0.39 is 0 Å². The number of nitrogens with zero attached hydrogens (tertiary/aromatic N) is 1. The largest absolute Gasteiger partial charge is 0.367 e. The van der Waals surface area contributed by atoms with Crippen LogP contribution in [-0.4, -0.2) is 12.6 Å². The monoisotopic (exact) mass is 306 g/mol. The Kier molecular flexibility index (Phi) is 5.76. The van der Waals surface area contributed by atoms with E-state index in [0.29, 0.717) is 6.04 Å². The Morgan fingerprint density at radius 3 is 2.38 bits per heavy atom. The van der Waals surface area contributed by atoms with Gasteiger partial charge in [0, 0.05) is 34.6 Å². The van der Waals surface area contributed by atoms with Crippen molar-refractivity contribution in [3.8, 4) is 0 Å². The highest BCUT2D eigenvalue weighted by molar-refractivity contribution is 7.12. The lowest BCUT2D eigenvalue weighted by Gasteiger charge is -2.22. The molecule has 4 heteroatoms. The molecular weight excluding hydrogens is 283 g/mol. The van der Waals surface area contributed by atoms with Gasteiger partial charge in [-0.05, 0) is 43.3 Å². The van der Waals surface area contributed by atoms with Crippen LogP contribution in [0.5, 0.6) is 0 Å². The summed E-state index contributed by atoms with van der Waals surface area (Å²) in [4.78, 5) is 4.95. The molecule has 0 fully saturated rings. The van der Waals surface area contributed by atoms with Gasteiger partial charge in [-0.2, -0.15) is 0 Å². The fraction of sp³-hybridized carbons (Fsp3) is 0.412. The molecule has 0 spiro atoms. The molecule has 2 rings (SSSR count). The van der Waals surface area contributed by atoms with E-state index >= 15 is 0 Å². The number of nitrogens with one attached hydrogen (secondary N) is 1. The molecule has 0 aliphatic carbocycles. The third kappa shape index (κ3) is 4.83. The SMILES string of the molecule is CCN(Cc1ccc(CNC(C)C)s1)c1ccc(F)cc1. The zero-order chi connectivity index (χ0) is 15.2. The Morgan fingerprint density at radius 1 is 1.10 bits per heavy atom. The van der Waals surface area contributed by atoms with Crippen LogP contribution in [0.3, 0.4) is 0 Å². The number of hydrogen-bond donors (Lipinski definition) is 1. The average Bonchev–Trinajstić information content (AvgIpc) is 2.91. The highest BCUT2D eigenvalue weighted by Crippen LogP contribution is 2.22. The first-order valence-corrected chi connectivity index (χ1v) is 8.21. The van der Waals surface area contributed by atoms with Crippen LogP contribution in [0.15, 0.2) is 36.4 Å². The summed E-state index contributed by atoms with van der Waals surface area (Å²) < 4.78 is 13.0. The first-order valence-electron chi connectivity index (χ1n) is 7.40. The first-order chi connectivity index (χ1) is 10.1. The predicted octanol–water partition coefficient (Wildman–Crippen LogP) is 4.41. The molecule has 1 N–H and O–H groups in total. The molecule has 0 bridgehead atoms. The Morgan fingerprint density at radius 2 is 1.76 bits per heavy atom. The van der Waals surface area contributed by atoms with Gasteiger partial charge in [0.1, 0.15) is 5.82 Å². The Labute approximate surface area is 130 Å². The fourth-order valence-corrected chi connectivity index (χ4v) is 3.12. The molecule has 1 aromatic carbocycles. The summed E-state index contributed by atoms with van der Waals surface area (Å²) in [6.07, 6.45) is 0. The van der Waals surface area contributed by atoms with E-state index in [9.17, 15) is 4.39 Å². The van der Waals surface area contributed by atoms with Gasteiger partial charge < -0.3 is 10.2 Å². The van der Waals surface area contributed by atoms with Crippen molar-refractivity contribution in [2.75, 3.05) is 11.4 Å². The van der Waals surface area contributed by atoms with E-state index in [4.69, 9.17) is 0 Å². The summed E-state index contributed by atoms with van der Waals surface area (Å²) in [5, 5.41) is 3.44. The quantitative estimate of drug-likeness (QED) is 0.815. The maximum atomic E-state index is 13.0. The molecule has 2 aromatic rings. The molecule has 0 amide bonds. The second-order valence-corrected chi connectivity index (χ2v) is 6.65. The summed E-state index contributed by atoms with van der Waals surface area (Å²) in [6, 6.07) is 11.6. The smallest absolute Gasteiger partial charge is 0.123 e. The van der Waals surface area contributed by atoms with Gasteiger partial charge in [-0.25, -0.2) is 4.39 Å². The summed E-state index contributed by atoms with van der Waals surface area (Å²) in [5.41, 5.74) is 1.06. The molecule has 0 atom stereocenters. The molecule has 2 nitrogen and oxygen atoms in total. The molecule has 0 aliphatic rings. The number of anilines is 1. The van der Waals surface area contributed by atoms with Crippen LogP contribution in [0.25, 0.3) is 0 Å². The van der Waals surface area contributed by atoms with Crippen LogP contribution in [0.1, 0.15) is 30.5 Å². The third-order valence-electron chi connectivity index (χ3n) is 3.32. The van der Waals surface area contributed by atoms with E-state index in [1.807, 2.05) is 23.5 Å². The molecule has 0 saturated heterocycles. The van der Waals surface area contributed by atoms with Gasteiger partial charge in [0.2, 0.25) is 0 Å². The van der Waals surface area contributed by atoms with Gasteiger partial charge in [0.25, 0.3) is 0 Å². The van der Waals surface area contributed by atoms with Crippen LogP contribution >= 0.6 is 11.3 Å². The maximum Gasteiger partial charge on any atom is 0.123 e. The first kappa shape index (κ1) is 16.0. The Balaban J connectivity index is 2.00. The number of rotatable bonds is 7. The number of thiophene rings is 1. The maximum absolute atomic E-state index is 13.0. The molecule has 1 aromatic heterocycles. The van der Waals surface area contributed by atoms with Crippen LogP contribution in [-0.2, 0) is 13.1 Å². The minimum absolute atomic E-state index is 0.187.